The Kier molecular flexibility index (Phi) is 8.61. The molecule has 0 spiro atoms. The van der Waals surface area contributed by atoms with Crippen molar-refractivity contribution in [2.75, 3.05) is 6.54 Å². The van der Waals surface area contributed by atoms with Gasteiger partial charge in [-0.1, -0.05) is 59.1 Å². The van der Waals surface area contributed by atoms with Crippen LogP contribution in [0.4, 0.5) is 0 Å². The number of nitrogens with one attached hydrogen (secondary N) is 1. The van der Waals surface area contributed by atoms with Crippen molar-refractivity contribution in [2.45, 2.75) is 39.3 Å². The minimum Gasteiger partial charge on any atom is -0.355 e. The third kappa shape index (κ3) is 6.13. The Bertz CT molecular complexity index is 842. The fraction of sp³-hybridized carbons (Fsp3) is 0.333. The molecule has 0 saturated heterocycles. The van der Waals surface area contributed by atoms with Crippen LogP contribution in [0.2, 0.25) is 15.1 Å². The van der Waals surface area contributed by atoms with Crippen molar-refractivity contribution < 1.29 is 9.59 Å². The molecular weight excluding hydrogens is 419 g/mol. The predicted octanol–water partition coefficient (Wildman–Crippen LogP) is 5.13. The Morgan fingerprint density at radius 1 is 1.04 bits per heavy atom. The lowest BCUT2D eigenvalue weighted by Crippen LogP contribution is -2.47. The van der Waals surface area contributed by atoms with E-state index in [0.717, 1.165) is 11.1 Å². The first-order valence-electron chi connectivity index (χ1n) is 9.08. The molecule has 2 aromatic carbocycles. The maximum Gasteiger partial charge on any atom is 0.242 e. The highest BCUT2D eigenvalue weighted by molar-refractivity contribution is 6.42. The number of rotatable bonds is 8. The monoisotopic (exact) mass is 440 g/mol. The number of aryl methyl sites for hydroxylation is 1. The van der Waals surface area contributed by atoms with Crippen LogP contribution in [0.15, 0.2) is 42.5 Å². The number of carbonyl (C=O) groups excluding carboxylic acids is 2. The Balaban J connectivity index is 2.18. The lowest BCUT2D eigenvalue weighted by atomic mass is 10.1. The highest BCUT2D eigenvalue weighted by atomic mass is 35.5. The Morgan fingerprint density at radius 2 is 1.75 bits per heavy atom. The van der Waals surface area contributed by atoms with Crippen LogP contribution < -0.4 is 5.32 Å². The van der Waals surface area contributed by atoms with Gasteiger partial charge in [0.05, 0.1) is 10.0 Å². The number of benzene rings is 2. The minimum atomic E-state index is -0.617. The number of hydrogen-bond donors (Lipinski definition) is 1. The normalized spacial score (nSPS) is 11.8. The third-order valence-electron chi connectivity index (χ3n) is 4.42. The quantitative estimate of drug-likeness (QED) is 0.617. The second kappa shape index (κ2) is 10.7. The largest absolute Gasteiger partial charge is 0.355 e. The summed E-state index contributed by atoms with van der Waals surface area (Å²) in [6.45, 7) is 4.32. The van der Waals surface area contributed by atoms with Crippen molar-refractivity contribution in [3.8, 4) is 0 Å². The van der Waals surface area contributed by atoms with Gasteiger partial charge in [-0.05, 0) is 49.6 Å². The van der Waals surface area contributed by atoms with Crippen molar-refractivity contribution in [2.24, 2.45) is 0 Å². The van der Waals surface area contributed by atoms with E-state index in [-0.39, 0.29) is 24.8 Å². The number of amides is 2. The molecule has 1 N–H and O–H groups in total. The molecule has 0 saturated carbocycles. The molecule has 7 heteroatoms. The predicted molar refractivity (Wildman–Crippen MR) is 115 cm³/mol. The lowest BCUT2D eigenvalue weighted by molar-refractivity contribution is -0.140. The van der Waals surface area contributed by atoms with E-state index in [9.17, 15) is 9.59 Å². The van der Waals surface area contributed by atoms with Gasteiger partial charge >= 0.3 is 0 Å². The molecular formula is C21H23Cl3N2O2. The van der Waals surface area contributed by atoms with Gasteiger partial charge in [-0.3, -0.25) is 9.59 Å². The van der Waals surface area contributed by atoms with Crippen LogP contribution in [0, 0.1) is 0 Å². The summed E-state index contributed by atoms with van der Waals surface area (Å²) in [7, 11) is 0. The molecule has 150 valence electrons. The molecule has 2 aromatic rings. The van der Waals surface area contributed by atoms with E-state index in [1.54, 1.807) is 36.1 Å². The zero-order chi connectivity index (χ0) is 20.7. The number of halogens is 3. The lowest BCUT2D eigenvalue weighted by Gasteiger charge is -2.29. The molecule has 1 atom stereocenters. The fourth-order valence-corrected chi connectivity index (χ4v) is 3.38. The van der Waals surface area contributed by atoms with E-state index >= 15 is 0 Å². The van der Waals surface area contributed by atoms with Gasteiger partial charge in [0.15, 0.2) is 0 Å². The highest BCUT2D eigenvalue weighted by Gasteiger charge is 2.25. The molecule has 0 aromatic heterocycles. The Hall–Kier alpha value is -1.75. The molecule has 2 amide bonds. The maximum absolute atomic E-state index is 13.0. The minimum absolute atomic E-state index is 0.134. The van der Waals surface area contributed by atoms with Crippen LogP contribution in [0.25, 0.3) is 0 Å². The van der Waals surface area contributed by atoms with Crippen molar-refractivity contribution >= 4 is 46.6 Å². The number of carbonyl (C=O) groups is 2. The molecule has 0 aliphatic heterocycles. The van der Waals surface area contributed by atoms with Gasteiger partial charge in [-0.2, -0.15) is 0 Å². The van der Waals surface area contributed by atoms with E-state index in [1.165, 1.54) is 0 Å². The molecule has 0 heterocycles. The summed E-state index contributed by atoms with van der Waals surface area (Å²) < 4.78 is 0. The summed E-state index contributed by atoms with van der Waals surface area (Å²) in [4.78, 5) is 26.9. The number of nitrogens with zero attached hydrogens (tertiary/aromatic N) is 1. The van der Waals surface area contributed by atoms with Gasteiger partial charge in [0, 0.05) is 24.5 Å². The molecule has 4 nitrogen and oxygen atoms in total. The summed E-state index contributed by atoms with van der Waals surface area (Å²) in [5, 5.41) is 4.25. The molecule has 2 rings (SSSR count). The van der Waals surface area contributed by atoms with E-state index in [0.29, 0.717) is 28.0 Å². The van der Waals surface area contributed by atoms with Crippen LogP contribution in [0.3, 0.4) is 0 Å². The zero-order valence-electron chi connectivity index (χ0n) is 15.8. The third-order valence-corrected chi connectivity index (χ3v) is 5.53. The van der Waals surface area contributed by atoms with Crippen LogP contribution >= 0.6 is 34.8 Å². The number of likely N-dealkylation sites (N-methyl/N-ethyl adjacent to an activating group) is 1. The summed E-state index contributed by atoms with van der Waals surface area (Å²) in [6, 6.07) is 12.0. The van der Waals surface area contributed by atoms with Crippen molar-refractivity contribution in [3.05, 3.63) is 68.7 Å². The van der Waals surface area contributed by atoms with Gasteiger partial charge in [-0.25, -0.2) is 0 Å². The van der Waals surface area contributed by atoms with E-state index in [1.807, 2.05) is 25.1 Å². The van der Waals surface area contributed by atoms with Crippen LogP contribution in [-0.4, -0.2) is 29.3 Å². The van der Waals surface area contributed by atoms with Crippen molar-refractivity contribution in [1.82, 2.24) is 10.2 Å². The Morgan fingerprint density at radius 3 is 2.39 bits per heavy atom. The molecule has 0 fully saturated rings. The molecule has 0 radical (unpaired) electrons. The van der Waals surface area contributed by atoms with Gasteiger partial charge in [-0.15, -0.1) is 0 Å². The highest BCUT2D eigenvalue weighted by Crippen LogP contribution is 2.24. The van der Waals surface area contributed by atoms with Gasteiger partial charge in [0.25, 0.3) is 0 Å². The zero-order valence-corrected chi connectivity index (χ0v) is 18.1. The van der Waals surface area contributed by atoms with Crippen LogP contribution in [0.1, 0.15) is 31.4 Å². The molecule has 0 aliphatic carbocycles. The topological polar surface area (TPSA) is 49.4 Å². The molecule has 1 unspecified atom stereocenters. The standard InChI is InChI=1S/C21H23Cl3N2O2/c1-3-25-21(28)14(2)26(13-15-8-10-18(23)19(24)12-15)20(27)11-9-16-6-4-5-7-17(16)22/h4-8,10,12,14H,3,9,11,13H2,1-2H3,(H,25,28). The molecule has 0 bridgehead atoms. The van der Waals surface area contributed by atoms with E-state index < -0.39 is 6.04 Å². The molecule has 0 aliphatic rings. The average Bonchev–Trinajstić information content (AvgIpc) is 2.67. The fourth-order valence-electron chi connectivity index (χ4n) is 2.83. The van der Waals surface area contributed by atoms with Gasteiger partial charge in [0.2, 0.25) is 11.8 Å². The summed E-state index contributed by atoms with van der Waals surface area (Å²) in [5.74, 6) is -0.335. The first-order valence-corrected chi connectivity index (χ1v) is 10.2. The van der Waals surface area contributed by atoms with Crippen molar-refractivity contribution in [1.29, 1.82) is 0 Å². The summed E-state index contributed by atoms with van der Waals surface area (Å²) >= 11 is 18.3. The maximum atomic E-state index is 13.0. The molecule has 28 heavy (non-hydrogen) atoms. The van der Waals surface area contributed by atoms with Crippen LogP contribution in [0.5, 0.6) is 0 Å². The number of hydrogen-bond acceptors (Lipinski definition) is 2. The van der Waals surface area contributed by atoms with Crippen molar-refractivity contribution in [3.63, 3.8) is 0 Å². The summed E-state index contributed by atoms with van der Waals surface area (Å²) in [6.07, 6.45) is 0.743. The summed E-state index contributed by atoms with van der Waals surface area (Å²) in [5.41, 5.74) is 1.70. The van der Waals surface area contributed by atoms with Crippen LogP contribution in [-0.2, 0) is 22.6 Å². The SMILES string of the molecule is CCNC(=O)C(C)N(Cc1ccc(Cl)c(Cl)c1)C(=O)CCc1ccccc1Cl. The Labute approximate surface area is 180 Å². The second-order valence-electron chi connectivity index (χ2n) is 6.43. The smallest absolute Gasteiger partial charge is 0.242 e. The van der Waals surface area contributed by atoms with Gasteiger partial charge in [0.1, 0.15) is 6.04 Å². The van der Waals surface area contributed by atoms with E-state index in [2.05, 4.69) is 5.32 Å². The van der Waals surface area contributed by atoms with E-state index in [4.69, 9.17) is 34.8 Å². The average molecular weight is 442 g/mol. The van der Waals surface area contributed by atoms with Gasteiger partial charge < -0.3 is 10.2 Å². The first kappa shape index (κ1) is 22.5. The second-order valence-corrected chi connectivity index (χ2v) is 7.65. The first-order chi connectivity index (χ1) is 13.3.